The van der Waals surface area contributed by atoms with Gasteiger partial charge in [0, 0.05) is 17.6 Å². The summed E-state index contributed by atoms with van der Waals surface area (Å²) in [4.78, 5) is 11.3. The summed E-state index contributed by atoms with van der Waals surface area (Å²) >= 11 is 3.49. The molecule has 1 unspecified atom stereocenters. The van der Waals surface area contributed by atoms with Crippen LogP contribution in [0.5, 0.6) is 0 Å². The van der Waals surface area contributed by atoms with Gasteiger partial charge in [-0.2, -0.15) is 5.10 Å². The topological polar surface area (TPSA) is 56.1 Å². The van der Waals surface area contributed by atoms with Crippen molar-refractivity contribution in [1.82, 2.24) is 19.7 Å². The normalized spacial score (nSPS) is 17.2. The number of hydrogen-bond donors (Lipinski definition) is 0. The van der Waals surface area contributed by atoms with Gasteiger partial charge in [-0.05, 0) is 29.8 Å². The third-order valence-corrected chi connectivity index (χ3v) is 5.48. The molecule has 0 saturated carbocycles. The molecule has 1 saturated heterocycles. The summed E-state index contributed by atoms with van der Waals surface area (Å²) in [6.07, 6.45) is 3.47. The molecule has 28 heavy (non-hydrogen) atoms. The Morgan fingerprint density at radius 1 is 1.00 bits per heavy atom. The van der Waals surface area contributed by atoms with Gasteiger partial charge in [-0.15, -0.1) is 0 Å². The minimum Gasteiger partial charge on any atom is -0.370 e. The van der Waals surface area contributed by atoms with E-state index in [9.17, 15) is 0 Å². The SMILES string of the molecule is Brc1ccc(C2CN(c3ncnc4c3cnn4-c3ccccc3)CCO2)cc1. The summed E-state index contributed by atoms with van der Waals surface area (Å²) in [5.41, 5.74) is 2.96. The number of fused-ring (bicyclic) bond motifs is 1. The maximum Gasteiger partial charge on any atom is 0.168 e. The second-order valence-electron chi connectivity index (χ2n) is 6.68. The lowest BCUT2D eigenvalue weighted by molar-refractivity contribution is 0.0396. The molecule has 3 heterocycles. The first-order valence-electron chi connectivity index (χ1n) is 9.16. The minimum atomic E-state index is 0.0102. The monoisotopic (exact) mass is 435 g/mol. The fraction of sp³-hybridized carbons (Fsp3) is 0.190. The molecule has 6 nitrogen and oxygen atoms in total. The Balaban J connectivity index is 1.49. The Kier molecular flexibility index (Phi) is 4.54. The van der Waals surface area contributed by atoms with E-state index in [0.29, 0.717) is 6.61 Å². The molecule has 0 amide bonds. The molecule has 0 N–H and O–H groups in total. The fourth-order valence-electron chi connectivity index (χ4n) is 3.56. The molecule has 1 aliphatic rings. The average Bonchev–Trinajstić information content (AvgIpc) is 3.19. The number of hydrogen-bond acceptors (Lipinski definition) is 5. The van der Waals surface area contributed by atoms with Crippen molar-refractivity contribution in [1.29, 1.82) is 0 Å². The Morgan fingerprint density at radius 3 is 2.64 bits per heavy atom. The van der Waals surface area contributed by atoms with Crippen LogP contribution in [0.2, 0.25) is 0 Å². The molecular weight excluding hydrogens is 418 g/mol. The van der Waals surface area contributed by atoms with E-state index in [1.54, 1.807) is 6.33 Å². The molecule has 0 bridgehead atoms. The molecule has 0 radical (unpaired) electrons. The lowest BCUT2D eigenvalue weighted by atomic mass is 10.1. The molecule has 7 heteroatoms. The summed E-state index contributed by atoms with van der Waals surface area (Å²) in [5, 5.41) is 5.51. The number of para-hydroxylation sites is 1. The highest BCUT2D eigenvalue weighted by Crippen LogP contribution is 2.30. The molecule has 1 fully saturated rings. The number of rotatable bonds is 3. The van der Waals surface area contributed by atoms with Crippen molar-refractivity contribution in [2.75, 3.05) is 24.6 Å². The lowest BCUT2D eigenvalue weighted by Crippen LogP contribution is -2.39. The molecule has 1 atom stereocenters. The predicted molar refractivity (Wildman–Crippen MR) is 112 cm³/mol. The van der Waals surface area contributed by atoms with Crippen LogP contribution in [-0.2, 0) is 4.74 Å². The second kappa shape index (κ2) is 7.33. The first-order valence-corrected chi connectivity index (χ1v) is 9.95. The summed E-state index contributed by atoms with van der Waals surface area (Å²) < 4.78 is 8.94. The van der Waals surface area contributed by atoms with Crippen LogP contribution in [0.25, 0.3) is 16.7 Å². The smallest absolute Gasteiger partial charge is 0.168 e. The van der Waals surface area contributed by atoms with E-state index < -0.39 is 0 Å². The quantitative estimate of drug-likeness (QED) is 0.483. The highest BCUT2D eigenvalue weighted by atomic mass is 79.9. The van der Waals surface area contributed by atoms with Gasteiger partial charge >= 0.3 is 0 Å². The lowest BCUT2D eigenvalue weighted by Gasteiger charge is -2.34. The molecule has 140 valence electrons. The standard InChI is InChI=1S/C21H18BrN5O/c22-16-8-6-15(7-9-16)19-13-26(10-11-28-19)20-18-12-25-27(21(18)24-14-23-20)17-4-2-1-3-5-17/h1-9,12,14,19H,10-11,13H2. The van der Waals surface area contributed by atoms with Crippen LogP contribution >= 0.6 is 15.9 Å². The summed E-state index contributed by atoms with van der Waals surface area (Å²) in [5.74, 6) is 0.901. The van der Waals surface area contributed by atoms with Crippen LogP contribution < -0.4 is 4.90 Å². The van der Waals surface area contributed by atoms with Gasteiger partial charge in [0.1, 0.15) is 18.2 Å². The zero-order chi connectivity index (χ0) is 18.9. The Labute approximate surface area is 170 Å². The van der Waals surface area contributed by atoms with E-state index >= 15 is 0 Å². The predicted octanol–water partition coefficient (Wildman–Crippen LogP) is 4.16. The third kappa shape index (κ3) is 3.16. The van der Waals surface area contributed by atoms with Crippen molar-refractivity contribution >= 4 is 32.8 Å². The molecule has 1 aliphatic heterocycles. The van der Waals surface area contributed by atoms with Gasteiger partial charge in [-0.3, -0.25) is 0 Å². The molecule has 4 aromatic rings. The van der Waals surface area contributed by atoms with Crippen LogP contribution in [0.1, 0.15) is 11.7 Å². The zero-order valence-corrected chi connectivity index (χ0v) is 16.7. The first kappa shape index (κ1) is 17.3. The van der Waals surface area contributed by atoms with Crippen molar-refractivity contribution < 1.29 is 4.74 Å². The summed E-state index contributed by atoms with van der Waals surface area (Å²) in [6, 6.07) is 18.3. The zero-order valence-electron chi connectivity index (χ0n) is 15.1. The number of anilines is 1. The van der Waals surface area contributed by atoms with Gasteiger partial charge in [0.2, 0.25) is 0 Å². The Hall–Kier alpha value is -2.77. The number of halogens is 1. The third-order valence-electron chi connectivity index (χ3n) is 4.95. The number of morpholine rings is 1. The molecular formula is C21H18BrN5O. The van der Waals surface area contributed by atoms with Crippen LogP contribution in [0.15, 0.2) is 71.6 Å². The Bertz CT molecular complexity index is 1100. The van der Waals surface area contributed by atoms with Crippen molar-refractivity contribution in [3.63, 3.8) is 0 Å². The largest absolute Gasteiger partial charge is 0.370 e. The van der Waals surface area contributed by atoms with Gasteiger partial charge < -0.3 is 9.64 Å². The van der Waals surface area contributed by atoms with Crippen molar-refractivity contribution in [3.05, 3.63) is 77.2 Å². The van der Waals surface area contributed by atoms with Gasteiger partial charge in [0.05, 0.1) is 23.9 Å². The average molecular weight is 436 g/mol. The van der Waals surface area contributed by atoms with Crippen molar-refractivity contribution in [2.45, 2.75) is 6.10 Å². The van der Waals surface area contributed by atoms with Gasteiger partial charge in [0.15, 0.2) is 5.65 Å². The highest BCUT2D eigenvalue weighted by molar-refractivity contribution is 9.10. The number of aromatic nitrogens is 4. The van der Waals surface area contributed by atoms with E-state index in [2.05, 4.69) is 48.0 Å². The number of ether oxygens (including phenoxy) is 1. The summed E-state index contributed by atoms with van der Waals surface area (Å²) in [7, 11) is 0. The van der Waals surface area contributed by atoms with E-state index in [4.69, 9.17) is 4.74 Å². The van der Waals surface area contributed by atoms with Gasteiger partial charge in [-0.25, -0.2) is 14.6 Å². The van der Waals surface area contributed by atoms with E-state index in [1.165, 1.54) is 0 Å². The van der Waals surface area contributed by atoms with Crippen LogP contribution in [0, 0.1) is 0 Å². The maximum absolute atomic E-state index is 6.02. The number of nitrogens with zero attached hydrogens (tertiary/aromatic N) is 5. The van der Waals surface area contributed by atoms with Gasteiger partial charge in [-0.1, -0.05) is 46.3 Å². The van der Waals surface area contributed by atoms with Crippen LogP contribution in [-0.4, -0.2) is 39.4 Å². The molecule has 5 rings (SSSR count). The maximum atomic E-state index is 6.02. The van der Waals surface area contributed by atoms with Crippen LogP contribution in [0.4, 0.5) is 5.82 Å². The molecule has 2 aromatic carbocycles. The fourth-order valence-corrected chi connectivity index (χ4v) is 3.83. The van der Waals surface area contributed by atoms with E-state index in [1.807, 2.05) is 53.3 Å². The second-order valence-corrected chi connectivity index (χ2v) is 7.60. The summed E-state index contributed by atoms with van der Waals surface area (Å²) in [6.45, 7) is 2.18. The molecule has 2 aromatic heterocycles. The number of benzene rings is 2. The minimum absolute atomic E-state index is 0.0102. The Morgan fingerprint density at radius 2 is 1.82 bits per heavy atom. The first-order chi connectivity index (χ1) is 13.8. The highest BCUT2D eigenvalue weighted by Gasteiger charge is 2.25. The van der Waals surface area contributed by atoms with E-state index in [-0.39, 0.29) is 6.10 Å². The van der Waals surface area contributed by atoms with E-state index in [0.717, 1.165) is 45.7 Å². The van der Waals surface area contributed by atoms with Gasteiger partial charge in [0.25, 0.3) is 0 Å². The molecule has 0 spiro atoms. The van der Waals surface area contributed by atoms with Crippen LogP contribution in [0.3, 0.4) is 0 Å². The van der Waals surface area contributed by atoms with Crippen molar-refractivity contribution in [3.8, 4) is 5.69 Å². The van der Waals surface area contributed by atoms with Crippen molar-refractivity contribution in [2.24, 2.45) is 0 Å². The molecule has 0 aliphatic carbocycles.